The van der Waals surface area contributed by atoms with Crippen LogP contribution in [0.3, 0.4) is 0 Å². The third-order valence-corrected chi connectivity index (χ3v) is 4.33. The average molecular weight is 315 g/mol. The molecule has 0 aliphatic rings. The summed E-state index contributed by atoms with van der Waals surface area (Å²) in [5.74, 6) is 0.542. The fourth-order valence-electron chi connectivity index (χ4n) is 2.93. The standard InChI is InChI=1S/C23H25N/c1-19(2)22-14-9-15-23(16-22)24(17-20-10-5-3-6-11-20)18-21-12-7-4-8-13-21/h3-16,19H,17-18H2,1-2H3. The maximum absolute atomic E-state index is 2.45. The van der Waals surface area contributed by atoms with E-state index in [0.29, 0.717) is 5.92 Å². The zero-order chi connectivity index (χ0) is 16.8. The van der Waals surface area contributed by atoms with E-state index in [0.717, 1.165) is 13.1 Å². The maximum Gasteiger partial charge on any atom is 0.0433 e. The Hall–Kier alpha value is -2.54. The highest BCUT2D eigenvalue weighted by Gasteiger charge is 2.10. The molecule has 0 bridgehead atoms. The van der Waals surface area contributed by atoms with Crippen LogP contribution < -0.4 is 4.90 Å². The van der Waals surface area contributed by atoms with Crippen LogP contribution in [-0.4, -0.2) is 0 Å². The molecule has 0 unspecified atom stereocenters. The molecule has 3 rings (SSSR count). The third-order valence-electron chi connectivity index (χ3n) is 4.33. The zero-order valence-electron chi connectivity index (χ0n) is 14.5. The monoisotopic (exact) mass is 315 g/mol. The Morgan fingerprint density at radius 2 is 1.21 bits per heavy atom. The highest BCUT2D eigenvalue weighted by Crippen LogP contribution is 2.24. The Morgan fingerprint density at radius 1 is 0.667 bits per heavy atom. The minimum absolute atomic E-state index is 0.542. The first kappa shape index (κ1) is 16.3. The number of anilines is 1. The number of hydrogen-bond donors (Lipinski definition) is 0. The molecule has 1 nitrogen and oxygen atoms in total. The van der Waals surface area contributed by atoms with Crippen LogP contribution in [-0.2, 0) is 13.1 Å². The summed E-state index contributed by atoms with van der Waals surface area (Å²) in [6.07, 6.45) is 0. The van der Waals surface area contributed by atoms with E-state index in [1.54, 1.807) is 0 Å². The first-order valence-electron chi connectivity index (χ1n) is 8.65. The second-order valence-corrected chi connectivity index (χ2v) is 6.58. The summed E-state index contributed by atoms with van der Waals surface area (Å²) < 4.78 is 0. The Morgan fingerprint density at radius 3 is 1.71 bits per heavy atom. The summed E-state index contributed by atoms with van der Waals surface area (Å²) in [6.45, 7) is 6.32. The van der Waals surface area contributed by atoms with Gasteiger partial charge in [0.1, 0.15) is 0 Å². The predicted octanol–water partition coefficient (Wildman–Crippen LogP) is 6.02. The van der Waals surface area contributed by atoms with Gasteiger partial charge in [0.25, 0.3) is 0 Å². The van der Waals surface area contributed by atoms with Gasteiger partial charge in [-0.1, -0.05) is 86.6 Å². The first-order valence-corrected chi connectivity index (χ1v) is 8.65. The SMILES string of the molecule is CC(C)c1cccc(N(Cc2ccccc2)Cc2ccccc2)c1. The number of nitrogens with zero attached hydrogens (tertiary/aromatic N) is 1. The minimum atomic E-state index is 0.542. The Labute approximate surface area is 145 Å². The molecule has 0 radical (unpaired) electrons. The molecular formula is C23H25N. The zero-order valence-corrected chi connectivity index (χ0v) is 14.5. The van der Waals surface area contributed by atoms with Gasteiger partial charge in [0.05, 0.1) is 0 Å². The normalized spacial score (nSPS) is 10.8. The van der Waals surface area contributed by atoms with Crippen LogP contribution in [0.5, 0.6) is 0 Å². The van der Waals surface area contributed by atoms with Gasteiger partial charge >= 0.3 is 0 Å². The van der Waals surface area contributed by atoms with Gasteiger partial charge in [-0.15, -0.1) is 0 Å². The first-order chi connectivity index (χ1) is 11.7. The Balaban J connectivity index is 1.90. The number of hydrogen-bond acceptors (Lipinski definition) is 1. The number of benzene rings is 3. The van der Waals surface area contributed by atoms with E-state index < -0.39 is 0 Å². The van der Waals surface area contributed by atoms with Crippen molar-refractivity contribution in [2.45, 2.75) is 32.9 Å². The van der Waals surface area contributed by atoms with E-state index in [9.17, 15) is 0 Å². The second kappa shape index (κ2) is 7.83. The Kier molecular flexibility index (Phi) is 5.32. The maximum atomic E-state index is 2.45. The molecule has 0 saturated carbocycles. The summed E-state index contributed by atoms with van der Waals surface area (Å²) in [5.41, 5.74) is 5.35. The molecule has 1 heteroatoms. The van der Waals surface area contributed by atoms with E-state index in [1.807, 2.05) is 0 Å². The molecule has 0 aliphatic carbocycles. The van der Waals surface area contributed by atoms with Crippen LogP contribution in [0, 0.1) is 0 Å². The molecule has 0 spiro atoms. The van der Waals surface area contributed by atoms with E-state index in [1.165, 1.54) is 22.4 Å². The molecule has 0 fully saturated rings. The van der Waals surface area contributed by atoms with Crippen molar-refractivity contribution in [3.05, 3.63) is 102 Å². The van der Waals surface area contributed by atoms with Crippen molar-refractivity contribution in [2.24, 2.45) is 0 Å². The summed E-state index contributed by atoms with van der Waals surface area (Å²) in [7, 11) is 0. The van der Waals surface area contributed by atoms with Gasteiger partial charge in [-0.2, -0.15) is 0 Å². The van der Waals surface area contributed by atoms with Gasteiger partial charge in [-0.25, -0.2) is 0 Å². The van der Waals surface area contributed by atoms with Crippen molar-refractivity contribution >= 4 is 5.69 Å². The lowest BCUT2D eigenvalue weighted by Gasteiger charge is -2.26. The summed E-state index contributed by atoms with van der Waals surface area (Å²) in [6, 6.07) is 30.3. The van der Waals surface area contributed by atoms with Crippen LogP contribution in [0.15, 0.2) is 84.9 Å². The predicted molar refractivity (Wildman–Crippen MR) is 103 cm³/mol. The highest BCUT2D eigenvalue weighted by molar-refractivity contribution is 5.50. The van der Waals surface area contributed by atoms with E-state index >= 15 is 0 Å². The lowest BCUT2D eigenvalue weighted by Crippen LogP contribution is -2.22. The lowest BCUT2D eigenvalue weighted by molar-refractivity contribution is 0.794. The van der Waals surface area contributed by atoms with Crippen molar-refractivity contribution in [1.29, 1.82) is 0 Å². The molecule has 0 heterocycles. The van der Waals surface area contributed by atoms with Crippen molar-refractivity contribution < 1.29 is 0 Å². The summed E-state index contributed by atoms with van der Waals surface area (Å²) in [4.78, 5) is 2.45. The quantitative estimate of drug-likeness (QED) is 0.538. The van der Waals surface area contributed by atoms with E-state index in [2.05, 4.69) is 104 Å². The van der Waals surface area contributed by atoms with Crippen LogP contribution in [0.1, 0.15) is 36.5 Å². The van der Waals surface area contributed by atoms with Gasteiger partial charge in [0, 0.05) is 18.8 Å². The van der Waals surface area contributed by atoms with Crippen molar-refractivity contribution in [3.8, 4) is 0 Å². The van der Waals surface area contributed by atoms with Gasteiger partial charge in [0.15, 0.2) is 0 Å². The average Bonchev–Trinajstić information content (AvgIpc) is 2.63. The highest BCUT2D eigenvalue weighted by atomic mass is 15.1. The summed E-state index contributed by atoms with van der Waals surface area (Å²) in [5, 5.41) is 0. The van der Waals surface area contributed by atoms with E-state index in [4.69, 9.17) is 0 Å². The van der Waals surface area contributed by atoms with Crippen molar-refractivity contribution in [2.75, 3.05) is 4.90 Å². The topological polar surface area (TPSA) is 3.24 Å². The third kappa shape index (κ3) is 4.26. The van der Waals surface area contributed by atoms with Crippen molar-refractivity contribution in [1.82, 2.24) is 0 Å². The largest absolute Gasteiger partial charge is 0.363 e. The van der Waals surface area contributed by atoms with Crippen LogP contribution >= 0.6 is 0 Å². The molecule has 122 valence electrons. The minimum Gasteiger partial charge on any atom is -0.363 e. The smallest absolute Gasteiger partial charge is 0.0433 e. The summed E-state index contributed by atoms with van der Waals surface area (Å²) >= 11 is 0. The van der Waals surface area contributed by atoms with Crippen LogP contribution in [0.4, 0.5) is 5.69 Å². The van der Waals surface area contributed by atoms with Gasteiger partial charge in [-0.05, 0) is 34.7 Å². The van der Waals surface area contributed by atoms with Crippen molar-refractivity contribution in [3.63, 3.8) is 0 Å². The molecule has 3 aromatic rings. The molecule has 24 heavy (non-hydrogen) atoms. The van der Waals surface area contributed by atoms with Crippen LogP contribution in [0.2, 0.25) is 0 Å². The molecule has 3 aromatic carbocycles. The van der Waals surface area contributed by atoms with Crippen LogP contribution in [0.25, 0.3) is 0 Å². The van der Waals surface area contributed by atoms with Gasteiger partial charge in [0.2, 0.25) is 0 Å². The Bertz CT molecular complexity index is 706. The number of rotatable bonds is 6. The lowest BCUT2D eigenvalue weighted by atomic mass is 10.0. The van der Waals surface area contributed by atoms with Gasteiger partial charge in [-0.3, -0.25) is 0 Å². The molecule has 0 atom stereocenters. The molecule has 0 saturated heterocycles. The van der Waals surface area contributed by atoms with Gasteiger partial charge < -0.3 is 4.90 Å². The van der Waals surface area contributed by atoms with E-state index in [-0.39, 0.29) is 0 Å². The fraction of sp³-hybridized carbons (Fsp3) is 0.217. The molecule has 0 aliphatic heterocycles. The molecule has 0 amide bonds. The molecular weight excluding hydrogens is 290 g/mol. The second-order valence-electron chi connectivity index (χ2n) is 6.58. The fourth-order valence-corrected chi connectivity index (χ4v) is 2.93. The molecule has 0 aromatic heterocycles. The molecule has 0 N–H and O–H groups in total.